The van der Waals surface area contributed by atoms with E-state index in [0.29, 0.717) is 13.2 Å². The van der Waals surface area contributed by atoms with Crippen LogP contribution in [0.15, 0.2) is 79.1 Å². The van der Waals surface area contributed by atoms with Crippen LogP contribution < -0.4 is 0 Å². The van der Waals surface area contributed by atoms with Crippen molar-refractivity contribution in [3.63, 3.8) is 0 Å². The summed E-state index contributed by atoms with van der Waals surface area (Å²) in [5.41, 5.74) is 4.81. The van der Waals surface area contributed by atoms with Gasteiger partial charge in [0, 0.05) is 43.4 Å². The summed E-state index contributed by atoms with van der Waals surface area (Å²) in [6.07, 6.45) is 5.85. The highest BCUT2D eigenvalue weighted by atomic mass is 19.1. The highest BCUT2D eigenvalue weighted by molar-refractivity contribution is 5.79. The van der Waals surface area contributed by atoms with Gasteiger partial charge in [-0.05, 0) is 54.8 Å². The minimum absolute atomic E-state index is 0.265. The zero-order valence-corrected chi connectivity index (χ0v) is 18.6. The van der Waals surface area contributed by atoms with Crippen LogP contribution in [0.3, 0.4) is 0 Å². The molecule has 0 atom stereocenters. The van der Waals surface area contributed by atoms with Gasteiger partial charge in [0.25, 0.3) is 0 Å². The van der Waals surface area contributed by atoms with Crippen LogP contribution >= 0.6 is 0 Å². The standard InChI is InChI=1S/C27H26FN3O2/c1-20(32)33-18-6-5-9-25-30-26(22-10-12-24(28)13-11-22)27(23-14-16-29-17-15-23)31(25)19-21-7-3-2-4-8-21/h2-4,7-8,10-17H,5-6,9,18-19H2,1H3. The first-order valence-corrected chi connectivity index (χ1v) is 11.0. The molecule has 4 aromatic rings. The number of hydrogen-bond acceptors (Lipinski definition) is 4. The molecular weight excluding hydrogens is 417 g/mol. The number of rotatable bonds is 9. The number of pyridine rings is 1. The van der Waals surface area contributed by atoms with E-state index in [-0.39, 0.29) is 11.8 Å². The SMILES string of the molecule is CC(=O)OCCCCc1nc(-c2ccc(F)cc2)c(-c2ccncc2)n1Cc1ccccc1. The number of halogens is 1. The van der Waals surface area contributed by atoms with Crippen molar-refractivity contribution >= 4 is 5.97 Å². The lowest BCUT2D eigenvalue weighted by Gasteiger charge is -2.14. The number of carbonyl (C=O) groups excluding carboxylic acids is 1. The van der Waals surface area contributed by atoms with Gasteiger partial charge in [-0.2, -0.15) is 0 Å². The first-order valence-electron chi connectivity index (χ1n) is 11.0. The van der Waals surface area contributed by atoms with Gasteiger partial charge in [0.05, 0.1) is 18.0 Å². The minimum atomic E-state index is -0.279. The third kappa shape index (κ3) is 5.71. The number of aryl methyl sites for hydroxylation is 1. The predicted molar refractivity (Wildman–Crippen MR) is 126 cm³/mol. The molecule has 0 aliphatic heterocycles. The first kappa shape index (κ1) is 22.4. The lowest BCUT2D eigenvalue weighted by molar-refractivity contribution is -0.141. The van der Waals surface area contributed by atoms with Gasteiger partial charge in [-0.15, -0.1) is 0 Å². The Morgan fingerprint density at radius 2 is 1.67 bits per heavy atom. The second-order valence-corrected chi connectivity index (χ2v) is 7.84. The van der Waals surface area contributed by atoms with Crippen molar-refractivity contribution < 1.29 is 13.9 Å². The van der Waals surface area contributed by atoms with Gasteiger partial charge in [-0.25, -0.2) is 9.37 Å². The highest BCUT2D eigenvalue weighted by Crippen LogP contribution is 2.34. The molecule has 0 unspecified atom stereocenters. The summed E-state index contributed by atoms with van der Waals surface area (Å²) < 4.78 is 20.9. The number of ether oxygens (including phenoxy) is 1. The number of unbranched alkanes of at least 4 members (excludes halogenated alkanes) is 1. The molecule has 0 saturated carbocycles. The number of carbonyl (C=O) groups is 1. The largest absolute Gasteiger partial charge is 0.466 e. The maximum atomic E-state index is 13.6. The monoisotopic (exact) mass is 443 g/mol. The van der Waals surface area contributed by atoms with E-state index in [9.17, 15) is 9.18 Å². The van der Waals surface area contributed by atoms with Crippen LogP contribution in [0.1, 0.15) is 31.2 Å². The molecule has 0 amide bonds. The van der Waals surface area contributed by atoms with Gasteiger partial charge in [0.2, 0.25) is 0 Å². The summed E-state index contributed by atoms with van der Waals surface area (Å²) in [4.78, 5) is 20.2. The second-order valence-electron chi connectivity index (χ2n) is 7.84. The average Bonchev–Trinajstić information content (AvgIpc) is 3.18. The Morgan fingerprint density at radius 1 is 0.939 bits per heavy atom. The van der Waals surface area contributed by atoms with Crippen molar-refractivity contribution in [1.82, 2.24) is 14.5 Å². The van der Waals surface area contributed by atoms with Gasteiger partial charge >= 0.3 is 5.97 Å². The van der Waals surface area contributed by atoms with Crippen molar-refractivity contribution in [3.8, 4) is 22.5 Å². The van der Waals surface area contributed by atoms with Gasteiger partial charge < -0.3 is 9.30 Å². The zero-order valence-electron chi connectivity index (χ0n) is 18.6. The molecule has 0 spiro atoms. The quantitative estimate of drug-likeness (QED) is 0.246. The Bertz CT molecular complexity index is 1190. The molecular formula is C27H26FN3O2. The number of benzene rings is 2. The molecule has 0 radical (unpaired) electrons. The summed E-state index contributed by atoms with van der Waals surface area (Å²) in [7, 11) is 0. The van der Waals surface area contributed by atoms with E-state index in [2.05, 4.69) is 21.7 Å². The molecule has 2 heterocycles. The predicted octanol–water partition coefficient (Wildman–Crippen LogP) is 5.69. The molecule has 168 valence electrons. The molecule has 0 aliphatic carbocycles. The van der Waals surface area contributed by atoms with Crippen molar-refractivity contribution in [2.24, 2.45) is 0 Å². The Hall–Kier alpha value is -3.80. The molecule has 0 bridgehead atoms. The van der Waals surface area contributed by atoms with E-state index in [1.807, 2.05) is 30.3 Å². The van der Waals surface area contributed by atoms with E-state index in [1.165, 1.54) is 19.1 Å². The highest BCUT2D eigenvalue weighted by Gasteiger charge is 2.20. The van der Waals surface area contributed by atoms with Crippen LogP contribution in [0, 0.1) is 5.82 Å². The summed E-state index contributed by atoms with van der Waals surface area (Å²) in [6.45, 7) is 2.48. The maximum Gasteiger partial charge on any atom is 0.302 e. The van der Waals surface area contributed by atoms with Gasteiger partial charge in [-0.1, -0.05) is 30.3 Å². The van der Waals surface area contributed by atoms with Gasteiger partial charge in [-0.3, -0.25) is 9.78 Å². The third-order valence-corrected chi connectivity index (χ3v) is 5.40. The smallest absolute Gasteiger partial charge is 0.302 e. The topological polar surface area (TPSA) is 57.0 Å². The van der Waals surface area contributed by atoms with Crippen LogP contribution in [0.5, 0.6) is 0 Å². The van der Waals surface area contributed by atoms with Crippen LogP contribution in [0.25, 0.3) is 22.5 Å². The molecule has 0 N–H and O–H groups in total. The molecule has 4 rings (SSSR count). The summed E-state index contributed by atoms with van der Waals surface area (Å²) >= 11 is 0. The molecule has 0 aliphatic rings. The molecule has 0 saturated heterocycles. The minimum Gasteiger partial charge on any atom is -0.466 e. The Balaban J connectivity index is 1.76. The van der Waals surface area contributed by atoms with Crippen LogP contribution in [-0.4, -0.2) is 27.1 Å². The Labute approximate surface area is 192 Å². The Morgan fingerprint density at radius 3 is 2.36 bits per heavy atom. The molecule has 2 aromatic carbocycles. The number of imidazole rings is 1. The van der Waals surface area contributed by atoms with Crippen molar-refractivity contribution in [2.75, 3.05) is 6.61 Å². The van der Waals surface area contributed by atoms with E-state index in [0.717, 1.165) is 53.2 Å². The second kappa shape index (κ2) is 10.7. The first-order chi connectivity index (χ1) is 16.1. The molecule has 0 fully saturated rings. The average molecular weight is 444 g/mol. The summed E-state index contributed by atoms with van der Waals surface area (Å²) in [5.74, 6) is 0.394. The fraction of sp³-hybridized carbons (Fsp3) is 0.222. The van der Waals surface area contributed by atoms with Crippen molar-refractivity contribution in [1.29, 1.82) is 0 Å². The summed E-state index contributed by atoms with van der Waals surface area (Å²) in [6, 6.07) is 20.6. The number of nitrogens with zero attached hydrogens (tertiary/aromatic N) is 3. The molecule has 6 heteroatoms. The van der Waals surface area contributed by atoms with Gasteiger partial charge in [0.1, 0.15) is 11.6 Å². The molecule has 33 heavy (non-hydrogen) atoms. The number of hydrogen-bond donors (Lipinski definition) is 0. The van der Waals surface area contributed by atoms with Crippen LogP contribution in [0.2, 0.25) is 0 Å². The molecule has 2 aromatic heterocycles. The van der Waals surface area contributed by atoms with E-state index >= 15 is 0 Å². The third-order valence-electron chi connectivity index (χ3n) is 5.40. The fourth-order valence-corrected chi connectivity index (χ4v) is 3.84. The normalized spacial score (nSPS) is 10.8. The lowest BCUT2D eigenvalue weighted by Crippen LogP contribution is -2.08. The fourth-order valence-electron chi connectivity index (χ4n) is 3.84. The number of esters is 1. The Kier molecular flexibility index (Phi) is 7.25. The van der Waals surface area contributed by atoms with Crippen LogP contribution in [-0.2, 0) is 22.5 Å². The summed E-state index contributed by atoms with van der Waals surface area (Å²) in [5, 5.41) is 0. The number of aromatic nitrogens is 3. The van der Waals surface area contributed by atoms with Crippen molar-refractivity contribution in [3.05, 3.63) is 96.3 Å². The van der Waals surface area contributed by atoms with Crippen molar-refractivity contribution in [2.45, 2.75) is 32.7 Å². The van der Waals surface area contributed by atoms with Crippen LogP contribution in [0.4, 0.5) is 4.39 Å². The van der Waals surface area contributed by atoms with E-state index < -0.39 is 0 Å². The zero-order chi connectivity index (χ0) is 23.0. The maximum absolute atomic E-state index is 13.6. The van der Waals surface area contributed by atoms with Gasteiger partial charge in [0.15, 0.2) is 0 Å². The van der Waals surface area contributed by atoms with E-state index in [1.54, 1.807) is 24.5 Å². The lowest BCUT2D eigenvalue weighted by atomic mass is 10.1. The van der Waals surface area contributed by atoms with E-state index in [4.69, 9.17) is 9.72 Å². The molecule has 5 nitrogen and oxygen atoms in total.